The number of anilines is 6. The average molecular weight is 1270 g/mol. The topological polar surface area (TPSA) is 121 Å². The molecule has 0 amide bonds. The SMILES string of the molecule is N#Cc1ccc(-n2c3ccccc3c3cc(-c4cc5c6c(c4)N(c4cc(-c7ccccc7)cc(-c7ccccc7)c4)c4cc(C#N)ccc4B6c4ccc(C#N)cc4N5c4cc(-c5ccccc5)cc(-c5ccccc5)c4)ccc32)c(-c2nc(-c3ccccc3)nc(-c3ccccc3)n2)c1. The highest BCUT2D eigenvalue weighted by Gasteiger charge is 2.44. The number of nitrogens with zero attached hydrogens (tertiary/aromatic N) is 9. The molecule has 0 fully saturated rings. The molecular weight excluding hydrogens is 1220 g/mol. The molecule has 9 nitrogen and oxygen atoms in total. The van der Waals surface area contributed by atoms with Gasteiger partial charge in [-0.05, 0) is 181 Å². The molecule has 0 saturated heterocycles. The molecule has 100 heavy (non-hydrogen) atoms. The van der Waals surface area contributed by atoms with E-state index >= 15 is 0 Å². The van der Waals surface area contributed by atoms with Crippen LogP contribution >= 0.6 is 0 Å². The minimum atomic E-state index is -0.340. The summed E-state index contributed by atoms with van der Waals surface area (Å²) in [7, 11) is 0. The van der Waals surface area contributed by atoms with Gasteiger partial charge < -0.3 is 14.4 Å². The summed E-state index contributed by atoms with van der Waals surface area (Å²) in [6, 6.07) is 121. The molecule has 16 aromatic rings. The van der Waals surface area contributed by atoms with E-state index in [1.807, 2.05) is 103 Å². The lowest BCUT2D eigenvalue weighted by molar-refractivity contribution is 1.06. The van der Waals surface area contributed by atoms with Gasteiger partial charge in [-0.2, -0.15) is 15.8 Å². The maximum absolute atomic E-state index is 10.9. The van der Waals surface area contributed by atoms with Gasteiger partial charge in [0, 0.05) is 61.6 Å². The quantitative estimate of drug-likeness (QED) is 0.117. The van der Waals surface area contributed by atoms with E-state index in [4.69, 9.17) is 15.0 Å². The highest BCUT2D eigenvalue weighted by molar-refractivity contribution is 7.00. The molecular formula is C90H54BN9. The first-order chi connectivity index (χ1) is 49.4. The molecule has 462 valence electrons. The lowest BCUT2D eigenvalue weighted by atomic mass is 9.33. The number of aromatic nitrogens is 4. The van der Waals surface area contributed by atoms with Gasteiger partial charge in [0.15, 0.2) is 17.5 Å². The van der Waals surface area contributed by atoms with Gasteiger partial charge in [0.25, 0.3) is 6.71 Å². The molecule has 0 unspecified atom stereocenters. The van der Waals surface area contributed by atoms with Gasteiger partial charge in [0.1, 0.15) is 0 Å². The maximum atomic E-state index is 10.9. The van der Waals surface area contributed by atoms with Crippen molar-refractivity contribution in [1.82, 2.24) is 19.5 Å². The van der Waals surface area contributed by atoms with Crippen LogP contribution in [-0.4, -0.2) is 26.2 Å². The van der Waals surface area contributed by atoms with Crippen LogP contribution in [-0.2, 0) is 0 Å². The lowest BCUT2D eigenvalue weighted by Gasteiger charge is -2.44. The maximum Gasteiger partial charge on any atom is 0.252 e. The Morgan fingerprint density at radius 2 is 0.640 bits per heavy atom. The largest absolute Gasteiger partial charge is 0.311 e. The Kier molecular flexibility index (Phi) is 14.3. The Labute approximate surface area is 578 Å². The molecule has 2 aliphatic rings. The number of benzene rings is 14. The fourth-order valence-electron chi connectivity index (χ4n) is 14.8. The summed E-state index contributed by atoms with van der Waals surface area (Å²) in [5, 5.41) is 34.5. The lowest BCUT2D eigenvalue weighted by Crippen LogP contribution is -2.61. The van der Waals surface area contributed by atoms with Gasteiger partial charge in [-0.3, -0.25) is 0 Å². The van der Waals surface area contributed by atoms with Crippen LogP contribution in [0.25, 0.3) is 117 Å². The molecule has 2 aliphatic heterocycles. The smallest absolute Gasteiger partial charge is 0.252 e. The van der Waals surface area contributed by atoms with Gasteiger partial charge in [0.2, 0.25) is 0 Å². The summed E-state index contributed by atoms with van der Waals surface area (Å²) in [6.07, 6.45) is 0. The number of nitriles is 3. The number of hydrogen-bond donors (Lipinski definition) is 0. The third kappa shape index (κ3) is 10.1. The number of hydrogen-bond acceptors (Lipinski definition) is 8. The first kappa shape index (κ1) is 58.6. The van der Waals surface area contributed by atoms with Crippen molar-refractivity contribution in [2.24, 2.45) is 0 Å². The molecule has 0 saturated carbocycles. The Balaban J connectivity index is 0.918. The van der Waals surface area contributed by atoms with Gasteiger partial charge in [-0.25, -0.2) is 15.0 Å². The fraction of sp³-hybridized carbons (Fsp3) is 0. The van der Waals surface area contributed by atoms with Crippen LogP contribution in [0.15, 0.2) is 328 Å². The molecule has 4 heterocycles. The summed E-state index contributed by atoms with van der Waals surface area (Å²) in [5.74, 6) is 1.46. The predicted molar refractivity (Wildman–Crippen MR) is 406 cm³/mol. The van der Waals surface area contributed by atoms with Gasteiger partial charge in [0.05, 0.1) is 51.6 Å². The number of fused-ring (bicyclic) bond motifs is 7. The summed E-state index contributed by atoms with van der Waals surface area (Å²) >= 11 is 0. The van der Waals surface area contributed by atoms with Crippen LogP contribution in [0, 0.1) is 34.0 Å². The van der Waals surface area contributed by atoms with E-state index in [-0.39, 0.29) is 6.71 Å². The van der Waals surface area contributed by atoms with Crippen molar-refractivity contribution in [2.45, 2.75) is 0 Å². The molecule has 0 atom stereocenters. The van der Waals surface area contributed by atoms with Crippen LogP contribution in [0.1, 0.15) is 16.7 Å². The molecule has 2 aromatic heterocycles. The highest BCUT2D eigenvalue weighted by Crippen LogP contribution is 2.50. The minimum Gasteiger partial charge on any atom is -0.311 e. The van der Waals surface area contributed by atoms with Crippen molar-refractivity contribution >= 4 is 79.0 Å². The Bertz CT molecular complexity index is 5690. The van der Waals surface area contributed by atoms with Crippen molar-refractivity contribution in [3.05, 3.63) is 344 Å². The second kappa shape index (κ2) is 24.3. The Hall–Kier alpha value is -14.0. The second-order valence-electron chi connectivity index (χ2n) is 25.3. The monoisotopic (exact) mass is 1270 g/mol. The Morgan fingerprint density at radius 3 is 1.09 bits per heavy atom. The normalized spacial score (nSPS) is 11.9. The van der Waals surface area contributed by atoms with Crippen LogP contribution < -0.4 is 26.2 Å². The van der Waals surface area contributed by atoms with Crippen LogP contribution in [0.5, 0.6) is 0 Å². The van der Waals surface area contributed by atoms with Gasteiger partial charge in [-0.1, -0.05) is 218 Å². The Morgan fingerprint density at radius 1 is 0.260 bits per heavy atom. The van der Waals surface area contributed by atoms with E-state index in [0.29, 0.717) is 39.7 Å². The van der Waals surface area contributed by atoms with E-state index in [1.54, 1.807) is 0 Å². The average Bonchev–Trinajstić information content (AvgIpc) is 0.806. The molecule has 0 radical (unpaired) electrons. The van der Waals surface area contributed by atoms with Crippen LogP contribution in [0.4, 0.5) is 34.1 Å². The first-order valence-electron chi connectivity index (χ1n) is 33.3. The molecule has 0 spiro atoms. The van der Waals surface area contributed by atoms with Gasteiger partial charge in [-0.15, -0.1) is 0 Å². The van der Waals surface area contributed by atoms with E-state index in [1.165, 1.54) is 0 Å². The van der Waals surface area contributed by atoms with Crippen molar-refractivity contribution < 1.29 is 0 Å². The molecule has 10 heteroatoms. The zero-order chi connectivity index (χ0) is 66.8. The fourth-order valence-corrected chi connectivity index (χ4v) is 14.8. The van der Waals surface area contributed by atoms with Crippen molar-refractivity contribution in [2.75, 3.05) is 9.80 Å². The first-order valence-corrected chi connectivity index (χ1v) is 33.3. The third-order valence-corrected chi connectivity index (χ3v) is 19.4. The van der Waals surface area contributed by atoms with Crippen LogP contribution in [0.3, 0.4) is 0 Å². The van der Waals surface area contributed by atoms with Crippen LogP contribution in [0.2, 0.25) is 0 Å². The summed E-state index contributed by atoms with van der Waals surface area (Å²) in [5.41, 5.74) is 25.6. The van der Waals surface area contributed by atoms with Crippen molar-refractivity contribution in [3.8, 4) is 114 Å². The van der Waals surface area contributed by atoms with E-state index in [2.05, 4.69) is 257 Å². The molecule has 18 rings (SSSR count). The summed E-state index contributed by atoms with van der Waals surface area (Å²) in [4.78, 5) is 20.3. The number of rotatable bonds is 11. The van der Waals surface area contributed by atoms with E-state index in [0.717, 1.165) is 145 Å². The summed E-state index contributed by atoms with van der Waals surface area (Å²) in [6.45, 7) is -0.340. The molecule has 0 N–H and O–H groups in total. The number of para-hydroxylation sites is 1. The standard InChI is InChI=1S/C90H54BN9/c92-55-58-37-41-82(77(43-58)90-96-88(65-29-15-5-16-30-65)95-89(97-90)66-31-17-6-18-32-66)100-80-34-20-19-33-75(80)76-52-67(38-42-81(76)100)72-53-85-87-86(54-72)99(74-50-70(63-25-11-3-12-26-63)47-71(51-74)64-27-13-4-14-28-64)84-45-60(57-94)36-40-79(84)91(87)78-39-35-59(56-93)44-83(78)98(85)73-48-68(61-21-7-1-8-22-61)46-69(49-73)62-23-9-2-10-24-62/h1-54H. The van der Waals surface area contributed by atoms with Crippen molar-refractivity contribution in [1.29, 1.82) is 15.8 Å². The van der Waals surface area contributed by atoms with Crippen molar-refractivity contribution in [3.63, 3.8) is 0 Å². The highest BCUT2D eigenvalue weighted by atomic mass is 15.2. The third-order valence-electron chi connectivity index (χ3n) is 19.4. The molecule has 0 bridgehead atoms. The van der Waals surface area contributed by atoms with E-state index < -0.39 is 0 Å². The minimum absolute atomic E-state index is 0.340. The second-order valence-corrected chi connectivity index (χ2v) is 25.3. The zero-order valence-corrected chi connectivity index (χ0v) is 53.8. The summed E-state index contributed by atoms with van der Waals surface area (Å²) < 4.78 is 2.27. The predicted octanol–water partition coefficient (Wildman–Crippen LogP) is 20.0. The van der Waals surface area contributed by atoms with E-state index in [9.17, 15) is 15.8 Å². The van der Waals surface area contributed by atoms with Gasteiger partial charge >= 0.3 is 0 Å². The molecule has 14 aromatic carbocycles. The zero-order valence-electron chi connectivity index (χ0n) is 53.8. The molecule has 0 aliphatic carbocycles.